The summed E-state index contributed by atoms with van der Waals surface area (Å²) in [5, 5.41) is 2.50. The fourth-order valence-electron chi connectivity index (χ4n) is 3.97. The molecule has 150 valence electrons. The number of carbonyl (C=O) groups excluding carboxylic acids is 3. The molecule has 1 N–H and O–H groups in total. The summed E-state index contributed by atoms with van der Waals surface area (Å²) >= 11 is 0. The molecule has 1 heterocycles. The van der Waals surface area contributed by atoms with Crippen LogP contribution in [0, 0.1) is 0 Å². The van der Waals surface area contributed by atoms with Gasteiger partial charge in [-0.3, -0.25) is 9.69 Å². The maximum atomic E-state index is 12.7. The van der Waals surface area contributed by atoms with Gasteiger partial charge in [0.1, 0.15) is 12.6 Å². The number of fused-ring (bicyclic) bond motifs is 3. The number of hydrogen-bond acceptors (Lipinski definition) is 5. The molecule has 2 aliphatic rings. The molecule has 0 radical (unpaired) electrons. The third-order valence-corrected chi connectivity index (χ3v) is 5.49. The van der Waals surface area contributed by atoms with Gasteiger partial charge in [-0.15, -0.1) is 0 Å². The second kappa shape index (κ2) is 7.95. The van der Waals surface area contributed by atoms with Crippen molar-refractivity contribution >= 4 is 18.0 Å². The Labute approximate surface area is 168 Å². The van der Waals surface area contributed by atoms with Gasteiger partial charge in [-0.05, 0) is 28.7 Å². The molecule has 1 unspecified atom stereocenters. The van der Waals surface area contributed by atoms with Gasteiger partial charge < -0.3 is 14.8 Å². The molecule has 1 atom stereocenters. The molecular formula is C22H22N2O5. The van der Waals surface area contributed by atoms with Crippen molar-refractivity contribution in [3.05, 3.63) is 59.7 Å². The average molecular weight is 394 g/mol. The Bertz CT molecular complexity index is 912. The molecule has 0 bridgehead atoms. The number of rotatable bonds is 5. The third kappa shape index (κ3) is 3.55. The summed E-state index contributed by atoms with van der Waals surface area (Å²) in [4.78, 5) is 37.4. The van der Waals surface area contributed by atoms with Crippen LogP contribution in [-0.4, -0.2) is 49.3 Å². The van der Waals surface area contributed by atoms with Crippen LogP contribution in [0.25, 0.3) is 11.1 Å². The third-order valence-electron chi connectivity index (χ3n) is 5.49. The molecule has 1 saturated heterocycles. The average Bonchev–Trinajstić information content (AvgIpc) is 3.28. The van der Waals surface area contributed by atoms with Crippen LogP contribution < -0.4 is 5.32 Å². The highest BCUT2D eigenvalue weighted by molar-refractivity contribution is 5.85. The van der Waals surface area contributed by atoms with Crippen molar-refractivity contribution < 1.29 is 23.9 Å². The van der Waals surface area contributed by atoms with Crippen molar-refractivity contribution in [1.29, 1.82) is 0 Å². The van der Waals surface area contributed by atoms with Gasteiger partial charge in [-0.1, -0.05) is 48.5 Å². The monoisotopic (exact) mass is 394 g/mol. The number of amides is 2. The van der Waals surface area contributed by atoms with Crippen molar-refractivity contribution in [2.75, 3.05) is 20.4 Å². The van der Waals surface area contributed by atoms with E-state index in [-0.39, 0.29) is 38.0 Å². The normalized spacial score (nSPS) is 17.5. The minimum absolute atomic E-state index is 0.0603. The first kappa shape index (κ1) is 19.0. The van der Waals surface area contributed by atoms with Crippen LogP contribution in [0.4, 0.5) is 4.79 Å². The Kier molecular flexibility index (Phi) is 5.20. The lowest BCUT2D eigenvalue weighted by atomic mass is 9.98. The van der Waals surface area contributed by atoms with E-state index in [0.29, 0.717) is 0 Å². The van der Waals surface area contributed by atoms with E-state index in [2.05, 4.69) is 17.4 Å². The van der Waals surface area contributed by atoms with Gasteiger partial charge in [-0.2, -0.15) is 0 Å². The molecule has 1 aliphatic carbocycles. The fraction of sp³-hybridized carbons (Fsp3) is 0.318. The predicted octanol–water partition coefficient (Wildman–Crippen LogP) is 2.65. The summed E-state index contributed by atoms with van der Waals surface area (Å²) in [6.07, 6.45) is -0.286. The topological polar surface area (TPSA) is 84.9 Å². The molecule has 0 saturated carbocycles. The zero-order valence-corrected chi connectivity index (χ0v) is 16.1. The molecule has 0 aromatic heterocycles. The van der Waals surface area contributed by atoms with Gasteiger partial charge in [0, 0.05) is 19.4 Å². The van der Waals surface area contributed by atoms with Crippen LogP contribution in [0.3, 0.4) is 0 Å². The van der Waals surface area contributed by atoms with Gasteiger partial charge in [0.15, 0.2) is 6.73 Å². The Balaban J connectivity index is 1.46. The molecule has 7 heteroatoms. The predicted molar refractivity (Wildman–Crippen MR) is 105 cm³/mol. The minimum atomic E-state index is -0.803. The molecule has 0 spiro atoms. The van der Waals surface area contributed by atoms with Crippen molar-refractivity contribution in [3.8, 4) is 11.1 Å². The number of esters is 1. The van der Waals surface area contributed by atoms with E-state index in [9.17, 15) is 14.4 Å². The van der Waals surface area contributed by atoms with E-state index < -0.39 is 18.1 Å². The van der Waals surface area contributed by atoms with Crippen LogP contribution in [-0.2, 0) is 19.1 Å². The molecule has 2 amide bonds. The van der Waals surface area contributed by atoms with Crippen molar-refractivity contribution in [2.45, 2.75) is 24.8 Å². The van der Waals surface area contributed by atoms with Gasteiger partial charge in [0.25, 0.3) is 0 Å². The van der Waals surface area contributed by atoms with Gasteiger partial charge in [0.2, 0.25) is 5.91 Å². The Morgan fingerprint density at radius 1 is 1.10 bits per heavy atom. The molecule has 7 nitrogen and oxygen atoms in total. The largest absolute Gasteiger partial charge is 0.448 e. The quantitative estimate of drug-likeness (QED) is 0.788. The number of cyclic esters (lactones) is 1. The van der Waals surface area contributed by atoms with Crippen LogP contribution in [0.1, 0.15) is 29.9 Å². The van der Waals surface area contributed by atoms with E-state index in [4.69, 9.17) is 9.47 Å². The highest BCUT2D eigenvalue weighted by atomic mass is 16.6. The van der Waals surface area contributed by atoms with E-state index >= 15 is 0 Å². The zero-order valence-electron chi connectivity index (χ0n) is 16.1. The van der Waals surface area contributed by atoms with Crippen molar-refractivity contribution in [3.63, 3.8) is 0 Å². The summed E-state index contributed by atoms with van der Waals surface area (Å²) in [7, 11) is 1.53. The first-order valence-electron chi connectivity index (χ1n) is 9.59. The van der Waals surface area contributed by atoms with Gasteiger partial charge in [0.05, 0.1) is 0 Å². The van der Waals surface area contributed by atoms with E-state index in [1.165, 1.54) is 11.9 Å². The SMILES string of the molecule is CNC(=O)CCC1C(=O)OCN1C(=O)OCC1c2ccccc2-c2ccccc21. The number of nitrogens with one attached hydrogen (secondary N) is 1. The molecule has 1 aliphatic heterocycles. The fourth-order valence-corrected chi connectivity index (χ4v) is 3.97. The number of benzene rings is 2. The summed E-state index contributed by atoms with van der Waals surface area (Å²) < 4.78 is 10.6. The van der Waals surface area contributed by atoms with E-state index in [0.717, 1.165) is 22.3 Å². The van der Waals surface area contributed by atoms with Gasteiger partial charge >= 0.3 is 12.1 Å². The Hall–Kier alpha value is -3.35. The van der Waals surface area contributed by atoms with Gasteiger partial charge in [-0.25, -0.2) is 9.59 Å². The minimum Gasteiger partial charge on any atom is -0.448 e. The number of hydrogen-bond donors (Lipinski definition) is 1. The standard InChI is InChI=1S/C22H22N2O5/c1-23-20(25)11-10-19-21(26)29-13-24(19)22(27)28-12-18-16-8-4-2-6-14(16)15-7-3-5-9-17(15)18/h2-9,18-19H,10-13H2,1H3,(H,23,25). The molecule has 4 rings (SSSR count). The first-order valence-corrected chi connectivity index (χ1v) is 9.59. The van der Waals surface area contributed by atoms with Crippen LogP contribution in [0.15, 0.2) is 48.5 Å². The summed E-state index contributed by atoms with van der Waals surface area (Å²) in [6.45, 7) is 0.00757. The molecule has 1 fully saturated rings. The zero-order chi connectivity index (χ0) is 20.4. The maximum Gasteiger partial charge on any atom is 0.413 e. The molecular weight excluding hydrogens is 372 g/mol. The highest BCUT2D eigenvalue weighted by Gasteiger charge is 2.39. The highest BCUT2D eigenvalue weighted by Crippen LogP contribution is 2.44. The Morgan fingerprint density at radius 3 is 2.34 bits per heavy atom. The van der Waals surface area contributed by atoms with Crippen molar-refractivity contribution in [1.82, 2.24) is 10.2 Å². The summed E-state index contributed by atoms with van der Waals surface area (Å²) in [6, 6.07) is 15.4. The molecule has 2 aromatic carbocycles. The van der Waals surface area contributed by atoms with Crippen LogP contribution in [0.5, 0.6) is 0 Å². The lowest BCUT2D eigenvalue weighted by Crippen LogP contribution is -2.39. The maximum absolute atomic E-state index is 12.7. The number of carbonyl (C=O) groups is 3. The lowest BCUT2D eigenvalue weighted by Gasteiger charge is -2.21. The summed E-state index contributed by atoms with van der Waals surface area (Å²) in [5.74, 6) is -0.769. The van der Waals surface area contributed by atoms with E-state index in [1.54, 1.807) is 0 Å². The van der Waals surface area contributed by atoms with Crippen molar-refractivity contribution in [2.24, 2.45) is 0 Å². The lowest BCUT2D eigenvalue weighted by molar-refractivity contribution is -0.139. The Morgan fingerprint density at radius 2 is 1.72 bits per heavy atom. The molecule has 29 heavy (non-hydrogen) atoms. The van der Waals surface area contributed by atoms with E-state index in [1.807, 2.05) is 36.4 Å². The smallest absolute Gasteiger partial charge is 0.413 e. The summed E-state index contributed by atoms with van der Waals surface area (Å²) in [5.41, 5.74) is 4.53. The second-order valence-electron chi connectivity index (χ2n) is 7.09. The second-order valence-corrected chi connectivity index (χ2v) is 7.09. The first-order chi connectivity index (χ1) is 14.1. The number of ether oxygens (including phenoxy) is 2. The number of nitrogens with zero attached hydrogens (tertiary/aromatic N) is 1. The van der Waals surface area contributed by atoms with Crippen LogP contribution >= 0.6 is 0 Å². The van der Waals surface area contributed by atoms with Crippen LogP contribution in [0.2, 0.25) is 0 Å². The molecule has 2 aromatic rings.